The Labute approximate surface area is 138 Å². The van der Waals surface area contributed by atoms with Crippen LogP contribution in [-0.2, 0) is 17.8 Å². The quantitative estimate of drug-likeness (QED) is 0.798. The number of benzene rings is 2. The maximum Gasteiger partial charge on any atom is 0.261 e. The van der Waals surface area contributed by atoms with Crippen molar-refractivity contribution in [2.45, 2.75) is 19.1 Å². The van der Waals surface area contributed by atoms with Crippen LogP contribution in [0.4, 0.5) is 0 Å². The molecule has 0 bridgehead atoms. The molecule has 2 aromatic carbocycles. The summed E-state index contributed by atoms with van der Waals surface area (Å²) in [6.45, 7) is 0.200. The third kappa shape index (κ3) is 2.86. The standard InChI is InChI=1S/C18H15N3O3/c22-17(15-10-13-8-4-5-9-14(13)23-15)19-11-16-20-18(24-21-16)12-6-2-1-3-7-12/h1-9,15H,10-11H2,(H,19,22)/t15-/m0/s1. The molecule has 0 radical (unpaired) electrons. The van der Waals surface area contributed by atoms with Crippen LogP contribution in [0, 0.1) is 0 Å². The molecule has 3 aromatic rings. The largest absolute Gasteiger partial charge is 0.480 e. The van der Waals surface area contributed by atoms with Crippen molar-refractivity contribution < 1.29 is 14.1 Å². The number of nitrogens with zero attached hydrogens (tertiary/aromatic N) is 2. The molecule has 0 spiro atoms. The summed E-state index contributed by atoms with van der Waals surface area (Å²) in [7, 11) is 0. The van der Waals surface area contributed by atoms with Crippen LogP contribution in [0.3, 0.4) is 0 Å². The van der Waals surface area contributed by atoms with E-state index in [-0.39, 0.29) is 12.5 Å². The second kappa shape index (κ2) is 6.16. The van der Waals surface area contributed by atoms with E-state index in [0.717, 1.165) is 16.9 Å². The van der Waals surface area contributed by atoms with E-state index in [1.807, 2.05) is 54.6 Å². The van der Waals surface area contributed by atoms with Crippen LogP contribution in [0.15, 0.2) is 59.1 Å². The average molecular weight is 321 g/mol. The molecule has 1 amide bonds. The molecule has 0 saturated carbocycles. The molecule has 4 rings (SSSR count). The van der Waals surface area contributed by atoms with Gasteiger partial charge in [0.25, 0.3) is 11.8 Å². The number of ether oxygens (including phenoxy) is 1. The molecular formula is C18H15N3O3. The molecule has 1 atom stereocenters. The summed E-state index contributed by atoms with van der Waals surface area (Å²) in [4.78, 5) is 16.5. The van der Waals surface area contributed by atoms with E-state index in [9.17, 15) is 4.79 Å². The van der Waals surface area contributed by atoms with Gasteiger partial charge in [-0.3, -0.25) is 4.79 Å². The Morgan fingerprint density at radius 1 is 1.12 bits per heavy atom. The lowest BCUT2D eigenvalue weighted by atomic mass is 10.1. The molecule has 120 valence electrons. The Kier molecular flexibility index (Phi) is 3.70. The van der Waals surface area contributed by atoms with Gasteiger partial charge in [-0.15, -0.1) is 0 Å². The van der Waals surface area contributed by atoms with Crippen molar-refractivity contribution in [3.8, 4) is 17.2 Å². The van der Waals surface area contributed by atoms with Crippen molar-refractivity contribution in [1.82, 2.24) is 15.5 Å². The molecule has 1 N–H and O–H groups in total. The lowest BCUT2D eigenvalue weighted by Crippen LogP contribution is -2.37. The van der Waals surface area contributed by atoms with Gasteiger partial charge in [0.05, 0.1) is 6.54 Å². The van der Waals surface area contributed by atoms with E-state index in [2.05, 4.69) is 15.5 Å². The van der Waals surface area contributed by atoms with E-state index >= 15 is 0 Å². The van der Waals surface area contributed by atoms with Gasteiger partial charge < -0.3 is 14.6 Å². The summed E-state index contributed by atoms with van der Waals surface area (Å²) in [6, 6.07) is 17.2. The second-order valence-corrected chi connectivity index (χ2v) is 5.52. The first-order valence-corrected chi connectivity index (χ1v) is 7.70. The fraction of sp³-hybridized carbons (Fsp3) is 0.167. The van der Waals surface area contributed by atoms with Crippen LogP contribution in [-0.4, -0.2) is 22.2 Å². The van der Waals surface area contributed by atoms with Gasteiger partial charge in [-0.2, -0.15) is 4.98 Å². The maximum absolute atomic E-state index is 12.2. The molecule has 6 heteroatoms. The molecule has 24 heavy (non-hydrogen) atoms. The monoisotopic (exact) mass is 321 g/mol. The number of fused-ring (bicyclic) bond motifs is 1. The number of aromatic nitrogens is 2. The minimum atomic E-state index is -0.511. The topological polar surface area (TPSA) is 77.3 Å². The van der Waals surface area contributed by atoms with Crippen LogP contribution >= 0.6 is 0 Å². The average Bonchev–Trinajstić information content (AvgIpc) is 3.27. The third-order valence-electron chi connectivity index (χ3n) is 3.85. The van der Waals surface area contributed by atoms with Crippen LogP contribution in [0.1, 0.15) is 11.4 Å². The van der Waals surface area contributed by atoms with Gasteiger partial charge in [-0.25, -0.2) is 0 Å². The molecule has 1 aromatic heterocycles. The Bertz CT molecular complexity index is 836. The predicted molar refractivity (Wildman–Crippen MR) is 86.1 cm³/mol. The number of amides is 1. The summed E-state index contributed by atoms with van der Waals surface area (Å²) in [6.07, 6.45) is 0.0617. The molecule has 6 nitrogen and oxygen atoms in total. The number of carbonyl (C=O) groups is 1. The first kappa shape index (κ1) is 14.4. The number of hydrogen-bond acceptors (Lipinski definition) is 5. The molecule has 2 heterocycles. The zero-order valence-corrected chi connectivity index (χ0v) is 12.8. The second-order valence-electron chi connectivity index (χ2n) is 5.52. The SMILES string of the molecule is O=C(NCc1noc(-c2ccccc2)n1)[C@@H]1Cc2ccccc2O1. The van der Waals surface area contributed by atoms with Gasteiger partial charge >= 0.3 is 0 Å². The van der Waals surface area contributed by atoms with Gasteiger partial charge in [-0.05, 0) is 23.8 Å². The highest BCUT2D eigenvalue weighted by molar-refractivity contribution is 5.82. The van der Waals surface area contributed by atoms with Gasteiger partial charge in [-0.1, -0.05) is 41.6 Å². The highest BCUT2D eigenvalue weighted by Crippen LogP contribution is 2.28. The summed E-state index contributed by atoms with van der Waals surface area (Å²) in [5.74, 6) is 1.45. The fourth-order valence-electron chi connectivity index (χ4n) is 2.63. The van der Waals surface area contributed by atoms with Crippen molar-refractivity contribution in [1.29, 1.82) is 0 Å². The van der Waals surface area contributed by atoms with E-state index in [4.69, 9.17) is 9.26 Å². The normalized spacial score (nSPS) is 15.6. The number of hydrogen-bond donors (Lipinski definition) is 1. The summed E-state index contributed by atoms with van der Waals surface area (Å²) in [5, 5.41) is 6.68. The summed E-state index contributed by atoms with van der Waals surface area (Å²) >= 11 is 0. The van der Waals surface area contributed by atoms with E-state index in [1.165, 1.54) is 0 Å². The Morgan fingerprint density at radius 2 is 1.92 bits per heavy atom. The van der Waals surface area contributed by atoms with Gasteiger partial charge in [0.2, 0.25) is 0 Å². The molecule has 0 aliphatic carbocycles. The van der Waals surface area contributed by atoms with Crippen molar-refractivity contribution >= 4 is 5.91 Å². The van der Waals surface area contributed by atoms with Crippen molar-refractivity contribution in [2.24, 2.45) is 0 Å². The number of nitrogens with one attached hydrogen (secondary N) is 1. The van der Waals surface area contributed by atoms with E-state index in [0.29, 0.717) is 18.1 Å². The maximum atomic E-state index is 12.2. The fourth-order valence-corrected chi connectivity index (χ4v) is 2.63. The van der Waals surface area contributed by atoms with Crippen LogP contribution in [0.2, 0.25) is 0 Å². The molecule has 0 unspecified atom stereocenters. The Morgan fingerprint density at radius 3 is 2.75 bits per heavy atom. The lowest BCUT2D eigenvalue weighted by Gasteiger charge is -2.09. The van der Waals surface area contributed by atoms with Gasteiger partial charge in [0, 0.05) is 12.0 Å². The molecule has 1 aliphatic rings. The van der Waals surface area contributed by atoms with E-state index < -0.39 is 6.10 Å². The molecule has 0 fully saturated rings. The Hall–Kier alpha value is -3.15. The predicted octanol–water partition coefficient (Wildman–Crippen LogP) is 2.36. The van der Waals surface area contributed by atoms with Crippen molar-refractivity contribution in [3.05, 3.63) is 66.0 Å². The van der Waals surface area contributed by atoms with Crippen molar-refractivity contribution in [2.75, 3.05) is 0 Å². The minimum absolute atomic E-state index is 0.183. The third-order valence-corrected chi connectivity index (χ3v) is 3.85. The highest BCUT2D eigenvalue weighted by atomic mass is 16.5. The van der Waals surface area contributed by atoms with Crippen LogP contribution in [0.5, 0.6) is 5.75 Å². The first-order valence-electron chi connectivity index (χ1n) is 7.70. The highest BCUT2D eigenvalue weighted by Gasteiger charge is 2.28. The number of carbonyl (C=O) groups excluding carboxylic acids is 1. The smallest absolute Gasteiger partial charge is 0.261 e. The van der Waals surface area contributed by atoms with Gasteiger partial charge in [0.1, 0.15) is 5.75 Å². The zero-order valence-electron chi connectivity index (χ0n) is 12.8. The van der Waals surface area contributed by atoms with Crippen LogP contribution in [0.25, 0.3) is 11.5 Å². The summed E-state index contributed by atoms with van der Waals surface area (Å²) in [5.41, 5.74) is 1.89. The number of rotatable bonds is 4. The van der Waals surface area contributed by atoms with Gasteiger partial charge in [0.15, 0.2) is 11.9 Å². The minimum Gasteiger partial charge on any atom is -0.480 e. The zero-order chi connectivity index (χ0) is 16.4. The van der Waals surface area contributed by atoms with Crippen molar-refractivity contribution in [3.63, 3.8) is 0 Å². The van der Waals surface area contributed by atoms with E-state index in [1.54, 1.807) is 0 Å². The molecular weight excluding hydrogens is 306 g/mol. The molecule has 1 aliphatic heterocycles. The lowest BCUT2D eigenvalue weighted by molar-refractivity contribution is -0.127. The number of para-hydroxylation sites is 1. The Balaban J connectivity index is 1.36. The molecule has 0 saturated heterocycles. The van der Waals surface area contributed by atoms with Crippen LogP contribution < -0.4 is 10.1 Å². The summed E-state index contributed by atoms with van der Waals surface area (Å²) < 4.78 is 10.9. The first-order chi connectivity index (χ1) is 11.8.